The maximum absolute atomic E-state index is 12.9. The van der Waals surface area contributed by atoms with Crippen LogP contribution in [-0.2, 0) is 14.1 Å². The lowest BCUT2D eigenvalue weighted by molar-refractivity contribution is -0.384. The molecule has 0 amide bonds. The third-order valence-electron chi connectivity index (χ3n) is 6.26. The summed E-state index contributed by atoms with van der Waals surface area (Å²) in [6.45, 7) is 3.86. The fraction of sp³-hybridized carbons (Fsp3) is 0.375. The van der Waals surface area contributed by atoms with Gasteiger partial charge >= 0.3 is 5.69 Å². The van der Waals surface area contributed by atoms with Gasteiger partial charge < -0.3 is 9.64 Å². The van der Waals surface area contributed by atoms with E-state index in [4.69, 9.17) is 4.74 Å². The first-order valence-corrected chi connectivity index (χ1v) is 11.7. The molecule has 0 spiro atoms. The first kappa shape index (κ1) is 25.7. The van der Waals surface area contributed by atoms with E-state index >= 15 is 0 Å². The zero-order valence-corrected chi connectivity index (χ0v) is 20.6. The Kier molecular flexibility index (Phi) is 7.72. The monoisotopic (exact) mass is 509 g/mol. The highest BCUT2D eigenvalue weighted by molar-refractivity contribution is 6.08. The van der Waals surface area contributed by atoms with Crippen LogP contribution in [0.25, 0.3) is 0 Å². The van der Waals surface area contributed by atoms with Crippen LogP contribution in [0.5, 0.6) is 5.75 Å². The van der Waals surface area contributed by atoms with Crippen molar-refractivity contribution in [3.8, 4) is 5.75 Å². The molecule has 1 aliphatic heterocycles. The van der Waals surface area contributed by atoms with E-state index in [1.54, 1.807) is 13.1 Å². The van der Waals surface area contributed by atoms with Gasteiger partial charge in [0, 0.05) is 77.4 Å². The normalized spacial score (nSPS) is 13.9. The molecule has 0 radical (unpaired) electrons. The second kappa shape index (κ2) is 11.1. The standard InChI is InChI=1S/C24H27N7O6/c1-27-20(16-21(32)28(2)24(27)34)30-12-10-29(11-13-30)9-4-14-37-19-6-5-17(31(35)36)15-18(19)22(33)23-25-7-3-8-26-23/h3,5-8,15-16H,4,9-14H2,1-2H3. The topological polar surface area (TPSA) is 146 Å². The average molecular weight is 510 g/mol. The highest BCUT2D eigenvalue weighted by Crippen LogP contribution is 2.26. The molecule has 0 atom stereocenters. The van der Waals surface area contributed by atoms with Gasteiger partial charge in [-0.2, -0.15) is 0 Å². The Bertz CT molecular complexity index is 1410. The molecule has 194 valence electrons. The number of nitro benzene ring substituents is 1. The van der Waals surface area contributed by atoms with Crippen LogP contribution in [0.3, 0.4) is 0 Å². The van der Waals surface area contributed by atoms with Crippen molar-refractivity contribution in [3.05, 3.63) is 85.1 Å². The lowest BCUT2D eigenvalue weighted by atomic mass is 10.1. The number of nitro groups is 1. The highest BCUT2D eigenvalue weighted by atomic mass is 16.6. The summed E-state index contributed by atoms with van der Waals surface area (Å²) in [6.07, 6.45) is 3.51. The van der Waals surface area contributed by atoms with Gasteiger partial charge in [0.2, 0.25) is 11.6 Å². The molecule has 2 aromatic heterocycles. The number of hydrogen-bond acceptors (Lipinski definition) is 10. The number of ketones is 1. The number of anilines is 1. The lowest BCUT2D eigenvalue weighted by Gasteiger charge is -2.36. The fourth-order valence-electron chi connectivity index (χ4n) is 4.17. The van der Waals surface area contributed by atoms with Crippen LogP contribution in [0, 0.1) is 10.1 Å². The Labute approximate surface area is 211 Å². The van der Waals surface area contributed by atoms with Gasteiger partial charge in [-0.15, -0.1) is 0 Å². The Hall–Kier alpha value is -4.39. The Morgan fingerprint density at radius 1 is 1.05 bits per heavy atom. The third-order valence-corrected chi connectivity index (χ3v) is 6.26. The molecule has 0 unspecified atom stereocenters. The van der Waals surface area contributed by atoms with Crippen molar-refractivity contribution in [1.29, 1.82) is 0 Å². The van der Waals surface area contributed by atoms with Crippen LogP contribution < -0.4 is 20.9 Å². The van der Waals surface area contributed by atoms with Gasteiger partial charge in [0.1, 0.15) is 11.6 Å². The third kappa shape index (κ3) is 5.72. The van der Waals surface area contributed by atoms with E-state index in [1.807, 2.05) is 4.90 Å². The van der Waals surface area contributed by atoms with E-state index in [0.717, 1.165) is 24.2 Å². The summed E-state index contributed by atoms with van der Waals surface area (Å²) in [5, 5.41) is 11.2. The van der Waals surface area contributed by atoms with E-state index < -0.39 is 10.7 Å². The quantitative estimate of drug-likeness (QED) is 0.174. The first-order chi connectivity index (χ1) is 17.8. The molecule has 13 heteroatoms. The molecule has 1 aromatic carbocycles. The van der Waals surface area contributed by atoms with Crippen LogP contribution in [-0.4, -0.2) is 74.0 Å². The van der Waals surface area contributed by atoms with Crippen LogP contribution in [0.15, 0.2) is 52.3 Å². The highest BCUT2D eigenvalue weighted by Gasteiger charge is 2.22. The molecular formula is C24H27N7O6. The van der Waals surface area contributed by atoms with Gasteiger partial charge in [-0.3, -0.25) is 33.7 Å². The van der Waals surface area contributed by atoms with Crippen molar-refractivity contribution in [2.24, 2.45) is 14.1 Å². The summed E-state index contributed by atoms with van der Waals surface area (Å²) >= 11 is 0. The van der Waals surface area contributed by atoms with Gasteiger partial charge in [0.05, 0.1) is 17.1 Å². The number of ether oxygens (including phenoxy) is 1. The van der Waals surface area contributed by atoms with Crippen LogP contribution >= 0.6 is 0 Å². The summed E-state index contributed by atoms with van der Waals surface area (Å²) in [5.74, 6) is 0.216. The van der Waals surface area contributed by atoms with Gasteiger partial charge in [-0.05, 0) is 18.6 Å². The van der Waals surface area contributed by atoms with Crippen LogP contribution in [0.4, 0.5) is 11.5 Å². The zero-order valence-electron chi connectivity index (χ0n) is 20.6. The molecule has 3 heterocycles. The molecular weight excluding hydrogens is 482 g/mol. The van der Waals surface area contributed by atoms with Gasteiger partial charge in [0.25, 0.3) is 11.2 Å². The van der Waals surface area contributed by atoms with Crippen molar-refractivity contribution < 1.29 is 14.5 Å². The smallest absolute Gasteiger partial charge is 0.332 e. The molecule has 0 bridgehead atoms. The maximum Gasteiger partial charge on any atom is 0.332 e. The second-order valence-corrected chi connectivity index (χ2v) is 8.61. The minimum atomic E-state index is -0.572. The number of piperazine rings is 1. The summed E-state index contributed by atoms with van der Waals surface area (Å²) in [6, 6.07) is 6.94. The summed E-state index contributed by atoms with van der Waals surface area (Å²) in [4.78, 5) is 59.9. The van der Waals surface area contributed by atoms with Gasteiger partial charge in [-0.1, -0.05) is 0 Å². The summed E-state index contributed by atoms with van der Waals surface area (Å²) < 4.78 is 8.40. The molecule has 1 fully saturated rings. The van der Waals surface area contributed by atoms with Crippen LogP contribution in [0.1, 0.15) is 22.6 Å². The van der Waals surface area contributed by atoms with Gasteiger partial charge in [0.15, 0.2) is 0 Å². The van der Waals surface area contributed by atoms with Crippen molar-refractivity contribution in [1.82, 2.24) is 24.0 Å². The molecule has 4 rings (SSSR count). The number of carbonyl (C=O) groups is 1. The number of nitrogens with zero attached hydrogens (tertiary/aromatic N) is 7. The summed E-state index contributed by atoms with van der Waals surface area (Å²) in [5.41, 5.74) is -0.877. The number of carbonyl (C=O) groups excluding carboxylic acids is 1. The minimum Gasteiger partial charge on any atom is -0.493 e. The molecule has 3 aromatic rings. The molecule has 0 N–H and O–H groups in total. The summed E-state index contributed by atoms with van der Waals surface area (Å²) in [7, 11) is 3.11. The fourth-order valence-corrected chi connectivity index (χ4v) is 4.17. The van der Waals surface area contributed by atoms with E-state index in [9.17, 15) is 24.5 Å². The maximum atomic E-state index is 12.9. The van der Waals surface area contributed by atoms with Crippen molar-refractivity contribution in [2.75, 3.05) is 44.2 Å². The first-order valence-electron chi connectivity index (χ1n) is 11.7. The largest absolute Gasteiger partial charge is 0.493 e. The molecule has 37 heavy (non-hydrogen) atoms. The molecule has 1 aliphatic rings. The van der Waals surface area contributed by atoms with E-state index in [-0.39, 0.29) is 34.1 Å². The lowest BCUT2D eigenvalue weighted by Crippen LogP contribution is -2.49. The minimum absolute atomic E-state index is 0.0358. The molecule has 13 nitrogen and oxygen atoms in total. The Morgan fingerprint density at radius 2 is 1.76 bits per heavy atom. The number of non-ortho nitro benzene ring substituents is 1. The van der Waals surface area contributed by atoms with E-state index in [2.05, 4.69) is 14.9 Å². The van der Waals surface area contributed by atoms with Crippen LogP contribution in [0.2, 0.25) is 0 Å². The number of hydrogen-bond donors (Lipinski definition) is 0. The van der Waals surface area contributed by atoms with Crippen molar-refractivity contribution in [3.63, 3.8) is 0 Å². The Balaban J connectivity index is 1.34. The molecule has 0 saturated carbocycles. The molecule has 1 saturated heterocycles. The zero-order chi connectivity index (χ0) is 26.5. The number of aromatic nitrogens is 4. The predicted molar refractivity (Wildman–Crippen MR) is 134 cm³/mol. The van der Waals surface area contributed by atoms with Crippen molar-refractivity contribution >= 4 is 17.3 Å². The number of benzene rings is 1. The average Bonchev–Trinajstić information content (AvgIpc) is 2.92. The molecule has 0 aliphatic carbocycles. The van der Waals surface area contributed by atoms with Crippen molar-refractivity contribution in [2.45, 2.75) is 6.42 Å². The van der Waals surface area contributed by atoms with E-state index in [1.165, 1.54) is 48.3 Å². The predicted octanol–water partition coefficient (Wildman–Crippen LogP) is 0.604. The number of rotatable bonds is 9. The SMILES string of the molecule is Cn1c(N2CCN(CCCOc3ccc([N+](=O)[O-])cc3C(=O)c3ncccn3)CC2)cc(=O)n(C)c1=O. The van der Waals surface area contributed by atoms with E-state index in [0.29, 0.717) is 31.9 Å². The second-order valence-electron chi connectivity index (χ2n) is 8.61. The Morgan fingerprint density at radius 3 is 2.43 bits per heavy atom. The van der Waals surface area contributed by atoms with Gasteiger partial charge in [-0.25, -0.2) is 14.8 Å².